The molecule has 6 nitrogen and oxygen atoms in total. The Morgan fingerprint density at radius 3 is 2.55 bits per heavy atom. The number of ether oxygens (including phenoxy) is 3. The Morgan fingerprint density at radius 1 is 1.40 bits per heavy atom. The maximum absolute atomic E-state index is 12.1. The Labute approximate surface area is 119 Å². The van der Waals surface area contributed by atoms with Gasteiger partial charge in [-0.3, -0.25) is 4.90 Å². The van der Waals surface area contributed by atoms with Gasteiger partial charge >= 0.3 is 12.1 Å². The van der Waals surface area contributed by atoms with Crippen LogP contribution in [0.2, 0.25) is 0 Å². The van der Waals surface area contributed by atoms with Crippen LogP contribution >= 0.6 is 0 Å². The monoisotopic (exact) mass is 285 g/mol. The third kappa shape index (κ3) is 4.52. The second kappa shape index (κ2) is 6.74. The zero-order valence-electron chi connectivity index (χ0n) is 12.7. The van der Waals surface area contributed by atoms with Gasteiger partial charge in [-0.05, 0) is 27.2 Å². The molecule has 0 bridgehead atoms. The van der Waals surface area contributed by atoms with E-state index in [0.717, 1.165) is 6.42 Å². The van der Waals surface area contributed by atoms with E-state index in [4.69, 9.17) is 9.47 Å². The number of hydrogen-bond acceptors (Lipinski definition) is 5. The summed E-state index contributed by atoms with van der Waals surface area (Å²) in [5, 5.41) is 0. The maximum atomic E-state index is 12.1. The highest BCUT2D eigenvalue weighted by Gasteiger charge is 2.42. The van der Waals surface area contributed by atoms with Crippen LogP contribution in [0.25, 0.3) is 0 Å². The van der Waals surface area contributed by atoms with Crippen LogP contribution in [0.5, 0.6) is 0 Å². The number of esters is 1. The molecule has 0 aromatic heterocycles. The molecule has 1 aliphatic rings. The number of hydrogen-bond donors (Lipinski definition) is 0. The summed E-state index contributed by atoms with van der Waals surface area (Å²) in [6.45, 7) is 7.57. The van der Waals surface area contributed by atoms with Crippen LogP contribution in [-0.4, -0.2) is 48.5 Å². The Bertz CT molecular complexity index is 386. The fraction of sp³-hybridized carbons (Fsp3) is 0.714. The van der Waals surface area contributed by atoms with E-state index >= 15 is 0 Å². The average Bonchev–Trinajstić information content (AvgIpc) is 2.77. The van der Waals surface area contributed by atoms with Gasteiger partial charge in [0.2, 0.25) is 6.23 Å². The Hall–Kier alpha value is -1.56. The van der Waals surface area contributed by atoms with Gasteiger partial charge in [0.15, 0.2) is 0 Å². The quantitative estimate of drug-likeness (QED) is 0.587. The van der Waals surface area contributed by atoms with Crippen LogP contribution < -0.4 is 0 Å². The van der Waals surface area contributed by atoms with Gasteiger partial charge in [0.1, 0.15) is 5.60 Å². The van der Waals surface area contributed by atoms with Crippen LogP contribution in [0.1, 0.15) is 34.1 Å². The van der Waals surface area contributed by atoms with Crippen molar-refractivity contribution in [2.24, 2.45) is 0 Å². The first-order chi connectivity index (χ1) is 9.28. The molecule has 0 N–H and O–H groups in total. The zero-order valence-corrected chi connectivity index (χ0v) is 12.7. The summed E-state index contributed by atoms with van der Waals surface area (Å²) in [4.78, 5) is 25.0. The molecule has 1 amide bonds. The van der Waals surface area contributed by atoms with Crippen molar-refractivity contribution in [2.45, 2.75) is 52.0 Å². The molecule has 1 aliphatic heterocycles. The Kier molecular flexibility index (Phi) is 5.56. The normalized spacial score (nSPS) is 23.1. The molecule has 2 atom stereocenters. The first kappa shape index (κ1) is 16.5. The molecular weight excluding hydrogens is 262 g/mol. The fourth-order valence-corrected chi connectivity index (χ4v) is 1.74. The minimum atomic E-state index is -1.05. The van der Waals surface area contributed by atoms with Crippen molar-refractivity contribution >= 4 is 12.1 Å². The topological polar surface area (TPSA) is 65.1 Å². The van der Waals surface area contributed by atoms with Gasteiger partial charge in [-0.2, -0.15) is 0 Å². The van der Waals surface area contributed by atoms with Crippen LogP contribution in [0.15, 0.2) is 12.2 Å². The summed E-state index contributed by atoms with van der Waals surface area (Å²) in [6.07, 6.45) is 2.65. The van der Waals surface area contributed by atoms with Crippen LogP contribution in [-0.2, 0) is 19.0 Å². The van der Waals surface area contributed by atoms with Crippen molar-refractivity contribution in [2.75, 3.05) is 13.7 Å². The van der Waals surface area contributed by atoms with Crippen LogP contribution in [0, 0.1) is 0 Å². The minimum Gasteiger partial charge on any atom is -0.466 e. The molecular formula is C14H23NO5. The second-order valence-electron chi connectivity index (χ2n) is 5.52. The zero-order chi connectivity index (χ0) is 15.3. The number of rotatable bonds is 3. The lowest BCUT2D eigenvalue weighted by Crippen LogP contribution is -2.44. The number of carbonyl (C=O) groups excluding carboxylic acids is 2. The van der Waals surface area contributed by atoms with Crippen molar-refractivity contribution in [1.29, 1.82) is 0 Å². The van der Waals surface area contributed by atoms with Gasteiger partial charge in [-0.25, -0.2) is 9.59 Å². The minimum absolute atomic E-state index is 0.269. The molecule has 20 heavy (non-hydrogen) atoms. The van der Waals surface area contributed by atoms with Gasteiger partial charge < -0.3 is 14.2 Å². The number of methoxy groups -OCH3 is 1. The lowest BCUT2D eigenvalue weighted by Gasteiger charge is -2.26. The largest absolute Gasteiger partial charge is 0.466 e. The van der Waals surface area contributed by atoms with Gasteiger partial charge in [-0.15, -0.1) is 0 Å². The lowest BCUT2D eigenvalue weighted by atomic mass is 10.2. The molecule has 1 saturated heterocycles. The molecule has 1 rings (SSSR count). The third-order valence-corrected chi connectivity index (χ3v) is 2.58. The predicted molar refractivity (Wildman–Crippen MR) is 73.0 cm³/mol. The fourth-order valence-electron chi connectivity index (χ4n) is 1.74. The summed E-state index contributed by atoms with van der Waals surface area (Å²) in [5.41, 5.74) is -0.630. The summed E-state index contributed by atoms with van der Waals surface area (Å²) in [6, 6.07) is 0. The van der Waals surface area contributed by atoms with E-state index in [1.807, 2.05) is 19.1 Å². The van der Waals surface area contributed by atoms with E-state index in [9.17, 15) is 9.59 Å². The first-order valence-electron chi connectivity index (χ1n) is 6.68. The summed E-state index contributed by atoms with van der Waals surface area (Å²) in [5.74, 6) is -0.608. The molecule has 0 aliphatic carbocycles. The van der Waals surface area contributed by atoms with E-state index in [1.54, 1.807) is 20.8 Å². The van der Waals surface area contributed by atoms with E-state index in [0.29, 0.717) is 0 Å². The third-order valence-electron chi connectivity index (χ3n) is 2.58. The van der Waals surface area contributed by atoms with Crippen molar-refractivity contribution < 1.29 is 23.8 Å². The standard InChI is InChI=1S/C14H23NO5/c1-6-7-8-10-9-15(11(19-10)12(16)18-5)13(17)20-14(2,3)4/h7-8,10-11H,6,9H2,1-5H3/b8-7+. The number of amides is 1. The SMILES string of the molecule is CC/C=C/C1CN(C(=O)OC(C)(C)C)C(C(=O)OC)O1. The van der Waals surface area contributed by atoms with Gasteiger partial charge in [0.25, 0.3) is 0 Å². The van der Waals surface area contributed by atoms with Gasteiger partial charge in [0.05, 0.1) is 19.8 Å². The summed E-state index contributed by atoms with van der Waals surface area (Å²) < 4.78 is 15.5. The van der Waals surface area contributed by atoms with Crippen molar-refractivity contribution in [1.82, 2.24) is 4.90 Å². The van der Waals surface area contributed by atoms with Crippen molar-refractivity contribution in [3.8, 4) is 0 Å². The Balaban J connectivity index is 2.81. The number of allylic oxidation sites excluding steroid dienone is 1. The molecule has 0 radical (unpaired) electrons. The molecule has 0 saturated carbocycles. The highest BCUT2D eigenvalue weighted by atomic mass is 16.6. The van der Waals surface area contributed by atoms with Gasteiger partial charge in [-0.1, -0.05) is 19.1 Å². The summed E-state index contributed by atoms with van der Waals surface area (Å²) >= 11 is 0. The smallest absolute Gasteiger partial charge is 0.412 e. The molecule has 0 aromatic rings. The molecule has 1 heterocycles. The number of carbonyl (C=O) groups is 2. The summed E-state index contributed by atoms with van der Waals surface area (Å²) in [7, 11) is 1.26. The van der Waals surface area contributed by atoms with E-state index < -0.39 is 23.9 Å². The van der Waals surface area contributed by atoms with E-state index in [1.165, 1.54) is 12.0 Å². The average molecular weight is 285 g/mol. The molecule has 2 unspecified atom stereocenters. The van der Waals surface area contributed by atoms with Gasteiger partial charge in [0, 0.05) is 0 Å². The van der Waals surface area contributed by atoms with Crippen molar-refractivity contribution in [3.63, 3.8) is 0 Å². The lowest BCUT2D eigenvalue weighted by molar-refractivity contribution is -0.159. The van der Waals surface area contributed by atoms with E-state index in [2.05, 4.69) is 4.74 Å². The molecule has 6 heteroatoms. The highest BCUT2D eigenvalue weighted by Crippen LogP contribution is 2.21. The molecule has 114 valence electrons. The number of nitrogens with zero attached hydrogens (tertiary/aromatic N) is 1. The maximum Gasteiger partial charge on any atom is 0.412 e. The predicted octanol–water partition coefficient (Wildman–Crippen LogP) is 2.09. The highest BCUT2D eigenvalue weighted by molar-refractivity contribution is 5.80. The Morgan fingerprint density at radius 2 is 2.05 bits per heavy atom. The molecule has 0 aromatic carbocycles. The second-order valence-corrected chi connectivity index (χ2v) is 5.52. The van der Waals surface area contributed by atoms with Crippen LogP contribution in [0.4, 0.5) is 4.79 Å². The first-order valence-corrected chi connectivity index (χ1v) is 6.68. The van der Waals surface area contributed by atoms with Crippen molar-refractivity contribution in [3.05, 3.63) is 12.2 Å². The molecule has 0 spiro atoms. The van der Waals surface area contributed by atoms with E-state index in [-0.39, 0.29) is 12.6 Å². The van der Waals surface area contributed by atoms with Crippen LogP contribution in [0.3, 0.4) is 0 Å². The molecule has 1 fully saturated rings.